The molecule has 0 aliphatic rings. The summed E-state index contributed by atoms with van der Waals surface area (Å²) in [7, 11) is 0. The van der Waals surface area contributed by atoms with Crippen molar-refractivity contribution >= 4 is 11.8 Å². The summed E-state index contributed by atoms with van der Waals surface area (Å²) in [5.74, 6) is -0.185. The van der Waals surface area contributed by atoms with E-state index < -0.39 is 11.8 Å². The number of nitrogens with zero attached hydrogens (tertiary/aromatic N) is 2. The number of hydrogen-bond donors (Lipinski definition) is 3. The van der Waals surface area contributed by atoms with Gasteiger partial charge in [0.25, 0.3) is 5.91 Å². The van der Waals surface area contributed by atoms with Gasteiger partial charge in [-0.05, 0) is 6.92 Å². The average Bonchev–Trinajstić information content (AvgIpc) is 2.63. The number of hydrogen-bond acceptors (Lipinski definition) is 4. The lowest BCUT2D eigenvalue weighted by atomic mass is 9.96. The maximum absolute atomic E-state index is 11.8. The van der Waals surface area contributed by atoms with E-state index in [0.717, 1.165) is 0 Å². The van der Waals surface area contributed by atoms with Crippen molar-refractivity contribution in [1.82, 2.24) is 20.5 Å². The number of aromatic amines is 1. The zero-order valence-electron chi connectivity index (χ0n) is 11.1. The SMILES string of the molecule is CC(CC(N)=O)NC(=O)c1n[nH]c(C(C)(C)C)n1. The van der Waals surface area contributed by atoms with Gasteiger partial charge in [-0.15, -0.1) is 5.10 Å². The fraction of sp³-hybridized carbons (Fsp3) is 0.636. The van der Waals surface area contributed by atoms with Crippen LogP contribution in [-0.2, 0) is 10.2 Å². The quantitative estimate of drug-likeness (QED) is 0.705. The lowest BCUT2D eigenvalue weighted by Crippen LogP contribution is -2.36. The molecule has 1 atom stereocenters. The molecule has 0 aromatic carbocycles. The third-order valence-electron chi connectivity index (χ3n) is 2.28. The van der Waals surface area contributed by atoms with Crippen LogP contribution < -0.4 is 11.1 Å². The lowest BCUT2D eigenvalue weighted by Gasteiger charge is -2.13. The zero-order chi connectivity index (χ0) is 13.9. The van der Waals surface area contributed by atoms with E-state index in [9.17, 15) is 9.59 Å². The maximum Gasteiger partial charge on any atom is 0.291 e. The summed E-state index contributed by atoms with van der Waals surface area (Å²) in [4.78, 5) is 26.6. The predicted octanol–water partition coefficient (Wildman–Crippen LogP) is 0.0959. The Morgan fingerprint density at radius 1 is 1.44 bits per heavy atom. The van der Waals surface area contributed by atoms with Gasteiger partial charge in [0.2, 0.25) is 11.7 Å². The van der Waals surface area contributed by atoms with Crippen LogP contribution in [0, 0.1) is 0 Å². The van der Waals surface area contributed by atoms with Crippen LogP contribution in [0.1, 0.15) is 50.6 Å². The molecule has 0 spiro atoms. The molecule has 7 heteroatoms. The summed E-state index contributed by atoms with van der Waals surface area (Å²) in [5.41, 5.74) is 4.84. The molecule has 0 saturated carbocycles. The van der Waals surface area contributed by atoms with Crippen LogP contribution >= 0.6 is 0 Å². The predicted molar refractivity (Wildman–Crippen MR) is 65.8 cm³/mol. The van der Waals surface area contributed by atoms with Crippen LogP contribution in [0.15, 0.2) is 0 Å². The highest BCUT2D eigenvalue weighted by atomic mass is 16.2. The number of nitrogens with one attached hydrogen (secondary N) is 2. The van der Waals surface area contributed by atoms with Crippen LogP contribution in [0.5, 0.6) is 0 Å². The molecule has 2 amide bonds. The molecule has 0 aliphatic carbocycles. The van der Waals surface area contributed by atoms with Crippen LogP contribution in [0.25, 0.3) is 0 Å². The fourth-order valence-corrected chi connectivity index (χ4v) is 1.34. The average molecular weight is 253 g/mol. The summed E-state index contributed by atoms with van der Waals surface area (Å²) in [6.07, 6.45) is 0.0856. The Morgan fingerprint density at radius 2 is 2.06 bits per heavy atom. The van der Waals surface area contributed by atoms with Crippen molar-refractivity contribution in [1.29, 1.82) is 0 Å². The molecule has 4 N–H and O–H groups in total. The van der Waals surface area contributed by atoms with Gasteiger partial charge in [0.15, 0.2) is 0 Å². The number of nitrogens with two attached hydrogens (primary N) is 1. The number of carbonyl (C=O) groups excluding carboxylic acids is 2. The molecule has 0 saturated heterocycles. The molecule has 0 aliphatic heterocycles. The van der Waals surface area contributed by atoms with E-state index in [-0.39, 0.29) is 23.7 Å². The second-order valence-corrected chi connectivity index (χ2v) is 5.30. The molecule has 1 heterocycles. The molecule has 1 rings (SSSR count). The van der Waals surface area contributed by atoms with Crippen LogP contribution in [0.3, 0.4) is 0 Å². The molecular formula is C11H19N5O2. The van der Waals surface area contributed by atoms with Gasteiger partial charge in [-0.25, -0.2) is 4.98 Å². The molecular weight excluding hydrogens is 234 g/mol. The van der Waals surface area contributed by atoms with E-state index in [4.69, 9.17) is 5.73 Å². The van der Waals surface area contributed by atoms with E-state index in [1.807, 2.05) is 20.8 Å². The maximum atomic E-state index is 11.8. The first-order valence-corrected chi connectivity index (χ1v) is 5.72. The third kappa shape index (κ3) is 3.83. The Kier molecular flexibility index (Phi) is 4.05. The van der Waals surface area contributed by atoms with Crippen molar-refractivity contribution in [2.45, 2.75) is 45.6 Å². The molecule has 18 heavy (non-hydrogen) atoms. The van der Waals surface area contributed by atoms with Crippen LogP contribution in [0.4, 0.5) is 0 Å². The Labute approximate surface area is 106 Å². The van der Waals surface area contributed by atoms with Crippen molar-refractivity contribution in [3.63, 3.8) is 0 Å². The first-order chi connectivity index (χ1) is 8.20. The minimum Gasteiger partial charge on any atom is -0.370 e. The summed E-state index contributed by atoms with van der Waals surface area (Å²) in [6.45, 7) is 7.58. The minimum absolute atomic E-state index is 0.0660. The van der Waals surface area contributed by atoms with Crippen molar-refractivity contribution < 1.29 is 9.59 Å². The van der Waals surface area contributed by atoms with E-state index in [1.54, 1.807) is 6.92 Å². The first kappa shape index (κ1) is 14.1. The standard InChI is InChI=1S/C11H19N5O2/c1-6(5-7(12)17)13-9(18)8-14-10(16-15-8)11(2,3)4/h6H,5H2,1-4H3,(H2,12,17)(H,13,18)(H,14,15,16). The van der Waals surface area contributed by atoms with Gasteiger partial charge >= 0.3 is 0 Å². The zero-order valence-corrected chi connectivity index (χ0v) is 11.1. The van der Waals surface area contributed by atoms with Gasteiger partial charge in [-0.1, -0.05) is 20.8 Å². The molecule has 0 fully saturated rings. The van der Waals surface area contributed by atoms with Gasteiger partial charge in [0.1, 0.15) is 5.82 Å². The normalized spacial score (nSPS) is 13.1. The van der Waals surface area contributed by atoms with Gasteiger partial charge in [-0.2, -0.15) is 0 Å². The molecule has 1 unspecified atom stereocenters. The van der Waals surface area contributed by atoms with E-state index in [0.29, 0.717) is 5.82 Å². The molecule has 1 aromatic rings. The number of amides is 2. The van der Waals surface area contributed by atoms with Crippen molar-refractivity contribution in [3.8, 4) is 0 Å². The number of primary amides is 1. The molecule has 0 bridgehead atoms. The molecule has 100 valence electrons. The highest BCUT2D eigenvalue weighted by molar-refractivity contribution is 5.90. The number of H-pyrrole nitrogens is 1. The van der Waals surface area contributed by atoms with E-state index in [1.165, 1.54) is 0 Å². The Hall–Kier alpha value is -1.92. The van der Waals surface area contributed by atoms with Crippen molar-refractivity contribution in [2.24, 2.45) is 5.73 Å². The molecule has 1 aromatic heterocycles. The Balaban J connectivity index is 2.68. The summed E-state index contributed by atoms with van der Waals surface area (Å²) in [5, 5.41) is 9.19. The smallest absolute Gasteiger partial charge is 0.291 e. The van der Waals surface area contributed by atoms with Crippen LogP contribution in [-0.4, -0.2) is 33.0 Å². The van der Waals surface area contributed by atoms with E-state index in [2.05, 4.69) is 20.5 Å². The summed E-state index contributed by atoms with van der Waals surface area (Å²) >= 11 is 0. The Bertz CT molecular complexity index is 447. The van der Waals surface area contributed by atoms with Gasteiger partial charge < -0.3 is 11.1 Å². The second-order valence-electron chi connectivity index (χ2n) is 5.30. The topological polar surface area (TPSA) is 114 Å². The molecule has 7 nitrogen and oxygen atoms in total. The lowest BCUT2D eigenvalue weighted by molar-refractivity contribution is -0.118. The van der Waals surface area contributed by atoms with Crippen LogP contribution in [0.2, 0.25) is 0 Å². The van der Waals surface area contributed by atoms with Crippen molar-refractivity contribution in [3.05, 3.63) is 11.6 Å². The Morgan fingerprint density at radius 3 is 2.50 bits per heavy atom. The van der Waals surface area contributed by atoms with Crippen molar-refractivity contribution in [2.75, 3.05) is 0 Å². The summed E-state index contributed by atoms with van der Waals surface area (Å²) < 4.78 is 0. The summed E-state index contributed by atoms with van der Waals surface area (Å²) in [6, 6.07) is -0.341. The highest BCUT2D eigenvalue weighted by Crippen LogP contribution is 2.17. The number of aromatic nitrogens is 3. The van der Waals surface area contributed by atoms with E-state index >= 15 is 0 Å². The highest BCUT2D eigenvalue weighted by Gasteiger charge is 2.22. The largest absolute Gasteiger partial charge is 0.370 e. The number of carbonyl (C=O) groups is 2. The molecule has 0 radical (unpaired) electrons. The first-order valence-electron chi connectivity index (χ1n) is 5.72. The fourth-order valence-electron chi connectivity index (χ4n) is 1.34. The van der Waals surface area contributed by atoms with Gasteiger partial charge in [0, 0.05) is 17.9 Å². The van der Waals surface area contributed by atoms with Gasteiger partial charge in [0.05, 0.1) is 0 Å². The second kappa shape index (κ2) is 5.16. The third-order valence-corrected chi connectivity index (χ3v) is 2.28. The minimum atomic E-state index is -0.465. The van der Waals surface area contributed by atoms with Gasteiger partial charge in [-0.3, -0.25) is 14.7 Å². The number of rotatable bonds is 4. The monoisotopic (exact) mass is 253 g/mol.